The van der Waals surface area contributed by atoms with E-state index in [-0.39, 0.29) is 11.8 Å². The number of rotatable bonds is 5. The monoisotopic (exact) mass is 512 g/mol. The number of nitrogens with zero attached hydrogens (tertiary/aromatic N) is 3. The fourth-order valence-corrected chi connectivity index (χ4v) is 5.06. The van der Waals surface area contributed by atoms with Gasteiger partial charge in [0.25, 0.3) is 11.8 Å². The molecule has 0 saturated carbocycles. The summed E-state index contributed by atoms with van der Waals surface area (Å²) >= 11 is 6.18. The largest absolute Gasteiger partial charge is 0.339 e. The summed E-state index contributed by atoms with van der Waals surface area (Å²) in [5.41, 5.74) is 6.02. The van der Waals surface area contributed by atoms with Crippen molar-refractivity contribution in [1.29, 1.82) is 0 Å². The molecule has 3 aromatic carbocycles. The molecule has 0 unspecified atom stereocenters. The van der Waals surface area contributed by atoms with Crippen LogP contribution in [0.3, 0.4) is 0 Å². The maximum atomic E-state index is 13.3. The fraction of sp³-hybridized carbons (Fsp3) is 0.233. The lowest BCUT2D eigenvalue weighted by Crippen LogP contribution is -2.38. The van der Waals surface area contributed by atoms with E-state index in [0.717, 1.165) is 29.5 Å². The summed E-state index contributed by atoms with van der Waals surface area (Å²) in [5.74, 6) is 0.114. The normalized spacial score (nSPS) is 14.0. The van der Waals surface area contributed by atoms with Crippen LogP contribution < -0.4 is 5.32 Å². The molecule has 0 atom stereocenters. The molecule has 1 fully saturated rings. The van der Waals surface area contributed by atoms with Crippen molar-refractivity contribution in [3.05, 3.63) is 106 Å². The van der Waals surface area contributed by atoms with Gasteiger partial charge in [0.15, 0.2) is 0 Å². The van der Waals surface area contributed by atoms with E-state index >= 15 is 0 Å². The van der Waals surface area contributed by atoms with Crippen molar-refractivity contribution in [1.82, 2.24) is 14.7 Å². The topological polar surface area (TPSA) is 67.2 Å². The van der Waals surface area contributed by atoms with Crippen molar-refractivity contribution < 1.29 is 9.59 Å². The smallest absolute Gasteiger partial charge is 0.257 e. The Bertz CT molecular complexity index is 1440. The summed E-state index contributed by atoms with van der Waals surface area (Å²) in [6, 6.07) is 21.0. The maximum Gasteiger partial charge on any atom is 0.257 e. The minimum atomic E-state index is -0.298. The Labute approximate surface area is 221 Å². The number of benzene rings is 3. The molecule has 7 heteroatoms. The molecule has 6 nitrogen and oxygen atoms in total. The van der Waals surface area contributed by atoms with Gasteiger partial charge in [-0.1, -0.05) is 54.1 Å². The molecule has 1 aliphatic rings. The van der Waals surface area contributed by atoms with Crippen LogP contribution in [0.5, 0.6) is 0 Å². The minimum absolute atomic E-state index is 0.0152. The number of carbonyl (C=O) groups is 2. The summed E-state index contributed by atoms with van der Waals surface area (Å²) in [6.07, 6.45) is 5.72. The number of anilines is 1. The van der Waals surface area contributed by atoms with E-state index in [0.29, 0.717) is 40.8 Å². The average molecular weight is 513 g/mol. The van der Waals surface area contributed by atoms with Crippen LogP contribution in [0.25, 0.3) is 11.1 Å². The Morgan fingerprint density at radius 3 is 2.38 bits per heavy atom. The fourth-order valence-electron chi connectivity index (χ4n) is 4.84. The van der Waals surface area contributed by atoms with Crippen LogP contribution in [0.15, 0.2) is 79.1 Å². The van der Waals surface area contributed by atoms with Gasteiger partial charge >= 0.3 is 0 Å². The Hall–Kier alpha value is -3.90. The Morgan fingerprint density at radius 2 is 1.70 bits per heavy atom. The Morgan fingerprint density at radius 1 is 0.973 bits per heavy atom. The third kappa shape index (κ3) is 5.44. The summed E-state index contributed by atoms with van der Waals surface area (Å²) in [5, 5.41) is 7.55. The van der Waals surface area contributed by atoms with E-state index in [4.69, 9.17) is 11.6 Å². The highest BCUT2D eigenvalue weighted by Gasteiger charge is 2.25. The number of amides is 2. The maximum absolute atomic E-state index is 13.3. The molecule has 188 valence electrons. The van der Waals surface area contributed by atoms with Gasteiger partial charge in [0.1, 0.15) is 0 Å². The van der Waals surface area contributed by atoms with Crippen molar-refractivity contribution in [2.75, 3.05) is 18.4 Å². The van der Waals surface area contributed by atoms with Gasteiger partial charge in [-0.3, -0.25) is 14.3 Å². The van der Waals surface area contributed by atoms with Crippen molar-refractivity contribution in [3.8, 4) is 11.1 Å². The third-order valence-corrected chi connectivity index (χ3v) is 7.38. The van der Waals surface area contributed by atoms with Gasteiger partial charge < -0.3 is 10.2 Å². The number of hydrogen-bond donors (Lipinski definition) is 1. The van der Waals surface area contributed by atoms with Gasteiger partial charge in [-0.05, 0) is 66.6 Å². The molecule has 1 aromatic heterocycles. The molecule has 1 aliphatic heterocycles. The molecule has 0 bridgehead atoms. The number of hydrogen-bond acceptors (Lipinski definition) is 3. The highest BCUT2D eigenvalue weighted by atomic mass is 35.5. The van der Waals surface area contributed by atoms with E-state index in [1.54, 1.807) is 35.0 Å². The van der Waals surface area contributed by atoms with Gasteiger partial charge in [0.2, 0.25) is 0 Å². The minimum Gasteiger partial charge on any atom is -0.339 e. The summed E-state index contributed by atoms with van der Waals surface area (Å²) in [6.45, 7) is 3.30. The van der Waals surface area contributed by atoms with E-state index in [1.807, 2.05) is 43.4 Å². The number of carbonyl (C=O) groups excluding carboxylic acids is 2. The Balaban J connectivity index is 1.22. The number of piperidine rings is 1. The van der Waals surface area contributed by atoms with Gasteiger partial charge in [0.05, 0.1) is 16.8 Å². The second-order valence-corrected chi connectivity index (χ2v) is 9.96. The van der Waals surface area contributed by atoms with Crippen molar-refractivity contribution in [2.24, 2.45) is 7.05 Å². The highest BCUT2D eigenvalue weighted by Crippen LogP contribution is 2.31. The number of halogens is 1. The molecule has 4 aromatic rings. The first-order valence-corrected chi connectivity index (χ1v) is 12.8. The molecular formula is C30H29ClN4O2. The molecule has 2 amide bonds. The summed E-state index contributed by atoms with van der Waals surface area (Å²) in [7, 11) is 1.92. The third-order valence-electron chi connectivity index (χ3n) is 7.05. The summed E-state index contributed by atoms with van der Waals surface area (Å²) < 4.78 is 1.81. The van der Waals surface area contributed by atoms with Gasteiger partial charge in [-0.2, -0.15) is 5.10 Å². The van der Waals surface area contributed by atoms with Crippen molar-refractivity contribution in [2.45, 2.75) is 25.7 Å². The van der Waals surface area contributed by atoms with Gasteiger partial charge in [-0.25, -0.2) is 0 Å². The van der Waals surface area contributed by atoms with Crippen LogP contribution in [0.1, 0.15) is 50.6 Å². The molecule has 2 heterocycles. The zero-order valence-electron chi connectivity index (χ0n) is 20.9. The number of aromatic nitrogens is 2. The quantitative estimate of drug-likeness (QED) is 0.340. The van der Waals surface area contributed by atoms with E-state index in [1.165, 1.54) is 5.56 Å². The van der Waals surface area contributed by atoms with Crippen LogP contribution in [0.4, 0.5) is 5.69 Å². The molecule has 37 heavy (non-hydrogen) atoms. The lowest BCUT2D eigenvalue weighted by Gasteiger charge is -2.32. The van der Waals surface area contributed by atoms with Crippen molar-refractivity contribution >= 4 is 29.1 Å². The van der Waals surface area contributed by atoms with E-state index in [9.17, 15) is 9.59 Å². The SMILES string of the molecule is Cc1ccc(C(=O)N2CCC(c3ccc(-c4cnn(C)c4)cc3)CC2)cc1NC(=O)c1ccccc1Cl. The summed E-state index contributed by atoms with van der Waals surface area (Å²) in [4.78, 5) is 28.0. The standard InChI is InChI=1S/C30H29ClN4O2/c1-20-7-8-24(17-28(20)33-29(36)26-5-3-4-6-27(26)31)30(37)35-15-13-23(14-16-35)21-9-11-22(12-10-21)25-18-32-34(2)19-25/h3-12,17-19,23H,13-16H2,1-2H3,(H,33,36). The van der Waals surface area contributed by atoms with E-state index in [2.05, 4.69) is 34.7 Å². The Kier molecular flexibility index (Phi) is 7.10. The average Bonchev–Trinajstić information content (AvgIpc) is 3.36. The number of nitrogens with one attached hydrogen (secondary N) is 1. The number of aryl methyl sites for hydroxylation is 2. The molecular weight excluding hydrogens is 484 g/mol. The second-order valence-electron chi connectivity index (χ2n) is 9.55. The molecule has 5 rings (SSSR count). The lowest BCUT2D eigenvalue weighted by atomic mass is 9.88. The second kappa shape index (κ2) is 10.6. The van der Waals surface area contributed by atoms with Crippen LogP contribution in [0.2, 0.25) is 5.02 Å². The van der Waals surface area contributed by atoms with Crippen LogP contribution in [-0.2, 0) is 7.05 Å². The van der Waals surface area contributed by atoms with Gasteiger partial charge in [-0.15, -0.1) is 0 Å². The number of likely N-dealkylation sites (tertiary alicyclic amines) is 1. The zero-order chi connectivity index (χ0) is 25.9. The van der Waals surface area contributed by atoms with E-state index < -0.39 is 0 Å². The van der Waals surface area contributed by atoms with Gasteiger partial charge in [0, 0.05) is 43.1 Å². The molecule has 0 radical (unpaired) electrons. The first kappa shape index (κ1) is 24.8. The lowest BCUT2D eigenvalue weighted by molar-refractivity contribution is 0.0712. The molecule has 0 aliphatic carbocycles. The predicted octanol–water partition coefficient (Wildman–Crippen LogP) is 6.32. The zero-order valence-corrected chi connectivity index (χ0v) is 21.7. The van der Waals surface area contributed by atoms with Crippen LogP contribution >= 0.6 is 11.6 Å². The van der Waals surface area contributed by atoms with Crippen LogP contribution in [-0.4, -0.2) is 39.6 Å². The van der Waals surface area contributed by atoms with Crippen LogP contribution in [0, 0.1) is 6.92 Å². The first-order valence-electron chi connectivity index (χ1n) is 12.4. The highest BCUT2D eigenvalue weighted by molar-refractivity contribution is 6.34. The van der Waals surface area contributed by atoms with Crippen molar-refractivity contribution in [3.63, 3.8) is 0 Å². The molecule has 1 N–H and O–H groups in total. The predicted molar refractivity (Wildman–Crippen MR) is 147 cm³/mol. The molecule has 1 saturated heterocycles. The molecule has 0 spiro atoms. The first-order chi connectivity index (χ1) is 17.9.